The third-order valence-electron chi connectivity index (χ3n) is 5.53. The molecule has 0 amide bonds. The van der Waals surface area contributed by atoms with Gasteiger partial charge in [-0.25, -0.2) is 0 Å². The molecule has 0 aromatic rings. The Labute approximate surface area is 159 Å². The molecule has 0 bridgehead atoms. The van der Waals surface area contributed by atoms with Crippen molar-refractivity contribution in [1.82, 2.24) is 4.90 Å². The second kappa shape index (κ2) is 17.3. The van der Waals surface area contributed by atoms with Gasteiger partial charge in [-0.3, -0.25) is 0 Å². The van der Waals surface area contributed by atoms with E-state index in [4.69, 9.17) is 4.74 Å². The van der Waals surface area contributed by atoms with E-state index in [1.807, 2.05) is 0 Å². The second-order valence-corrected chi connectivity index (χ2v) is 8.56. The van der Waals surface area contributed by atoms with Crippen LogP contribution in [0.4, 0.5) is 0 Å². The van der Waals surface area contributed by atoms with Crippen LogP contribution in [0, 0.1) is 0 Å². The average molecular weight is 354 g/mol. The predicted octanol–water partition coefficient (Wildman–Crippen LogP) is 6.97. The third kappa shape index (κ3) is 18.5. The van der Waals surface area contributed by atoms with E-state index in [0.717, 1.165) is 6.61 Å². The van der Waals surface area contributed by atoms with Gasteiger partial charge in [0.1, 0.15) is 0 Å². The largest absolute Gasteiger partial charge is 0.373 e. The minimum atomic E-state index is 0.646. The number of nitrogens with zero attached hydrogens (tertiary/aromatic N) is 1. The van der Waals surface area contributed by atoms with Crippen molar-refractivity contribution in [3.63, 3.8) is 0 Å². The van der Waals surface area contributed by atoms with Crippen molar-refractivity contribution >= 4 is 0 Å². The third-order valence-corrected chi connectivity index (χ3v) is 5.53. The van der Waals surface area contributed by atoms with E-state index in [0.29, 0.717) is 6.10 Å². The van der Waals surface area contributed by atoms with E-state index >= 15 is 0 Å². The van der Waals surface area contributed by atoms with Gasteiger partial charge in [0.2, 0.25) is 0 Å². The summed E-state index contributed by atoms with van der Waals surface area (Å²) in [6.07, 6.45) is 26.6. The second-order valence-electron chi connectivity index (χ2n) is 8.56. The molecule has 1 aliphatic heterocycles. The number of unbranched alkanes of at least 4 members (excludes halogenated alkanes) is 16. The van der Waals surface area contributed by atoms with Crippen molar-refractivity contribution < 1.29 is 4.74 Å². The van der Waals surface area contributed by atoms with E-state index in [1.54, 1.807) is 0 Å². The standard InChI is InChI=1S/C23H47NO/c1-24(2)21-19-17-15-13-11-9-7-5-3-4-6-8-10-12-14-16-18-20-23-22-25-23/h23H,3-22H2,1-2H3. The first-order valence-electron chi connectivity index (χ1n) is 11.6. The van der Waals surface area contributed by atoms with Crippen molar-refractivity contribution in [2.75, 3.05) is 27.2 Å². The monoisotopic (exact) mass is 353 g/mol. The topological polar surface area (TPSA) is 15.8 Å². The molecule has 0 spiro atoms. The number of ether oxygens (including phenoxy) is 1. The van der Waals surface area contributed by atoms with Crippen LogP contribution < -0.4 is 0 Å². The molecule has 1 heterocycles. The van der Waals surface area contributed by atoms with Crippen LogP contribution in [-0.4, -0.2) is 38.3 Å². The molecule has 0 aliphatic carbocycles. The molecule has 1 rings (SSSR count). The first-order valence-corrected chi connectivity index (χ1v) is 11.6. The molecule has 1 fully saturated rings. The fourth-order valence-corrected chi connectivity index (χ4v) is 3.69. The molecular formula is C23H47NO. The predicted molar refractivity (Wildman–Crippen MR) is 111 cm³/mol. The van der Waals surface area contributed by atoms with Gasteiger partial charge in [-0.15, -0.1) is 0 Å². The van der Waals surface area contributed by atoms with Gasteiger partial charge in [-0.2, -0.15) is 0 Å². The Morgan fingerprint density at radius 1 is 0.560 bits per heavy atom. The lowest BCUT2D eigenvalue weighted by molar-refractivity contribution is 0.387. The Balaban J connectivity index is 1.60. The molecule has 150 valence electrons. The molecule has 1 aliphatic rings. The van der Waals surface area contributed by atoms with E-state index < -0.39 is 0 Å². The summed E-state index contributed by atoms with van der Waals surface area (Å²) in [5.41, 5.74) is 0. The zero-order chi connectivity index (χ0) is 18.0. The molecule has 0 N–H and O–H groups in total. The first kappa shape index (κ1) is 23.0. The highest BCUT2D eigenvalue weighted by molar-refractivity contribution is 4.68. The Morgan fingerprint density at radius 3 is 1.20 bits per heavy atom. The maximum Gasteiger partial charge on any atom is 0.0810 e. The van der Waals surface area contributed by atoms with Gasteiger partial charge in [0.25, 0.3) is 0 Å². The molecule has 1 saturated heterocycles. The number of hydrogen-bond acceptors (Lipinski definition) is 2. The van der Waals surface area contributed by atoms with Crippen LogP contribution in [-0.2, 0) is 4.74 Å². The van der Waals surface area contributed by atoms with Gasteiger partial charge < -0.3 is 9.64 Å². The Bertz CT molecular complexity index is 245. The van der Waals surface area contributed by atoms with Crippen LogP contribution in [0.3, 0.4) is 0 Å². The molecule has 0 saturated carbocycles. The summed E-state index contributed by atoms with van der Waals surface area (Å²) < 4.78 is 5.25. The van der Waals surface area contributed by atoms with Crippen LogP contribution in [0.2, 0.25) is 0 Å². The normalized spacial score (nSPS) is 16.7. The SMILES string of the molecule is CN(C)CCCCCCCCCCCCCCCCCCCC1CO1. The van der Waals surface area contributed by atoms with Gasteiger partial charge in [0, 0.05) is 0 Å². The highest BCUT2D eigenvalue weighted by Crippen LogP contribution is 2.18. The molecular weight excluding hydrogens is 306 g/mol. The van der Waals surface area contributed by atoms with Gasteiger partial charge in [-0.05, 0) is 33.5 Å². The Hall–Kier alpha value is -0.0800. The molecule has 2 heteroatoms. The summed E-state index contributed by atoms with van der Waals surface area (Å²) in [6, 6.07) is 0. The van der Waals surface area contributed by atoms with Gasteiger partial charge in [0.15, 0.2) is 0 Å². The fraction of sp³-hybridized carbons (Fsp3) is 1.00. The summed E-state index contributed by atoms with van der Waals surface area (Å²) >= 11 is 0. The molecule has 1 unspecified atom stereocenters. The van der Waals surface area contributed by atoms with E-state index in [2.05, 4.69) is 19.0 Å². The molecule has 1 atom stereocenters. The van der Waals surface area contributed by atoms with Crippen molar-refractivity contribution in [3.8, 4) is 0 Å². The zero-order valence-electron chi connectivity index (χ0n) is 17.6. The number of epoxide rings is 1. The highest BCUT2D eigenvalue weighted by Gasteiger charge is 2.20. The Morgan fingerprint density at radius 2 is 0.880 bits per heavy atom. The summed E-state index contributed by atoms with van der Waals surface area (Å²) in [7, 11) is 4.35. The molecule has 25 heavy (non-hydrogen) atoms. The van der Waals surface area contributed by atoms with Crippen molar-refractivity contribution in [1.29, 1.82) is 0 Å². The van der Waals surface area contributed by atoms with Crippen LogP contribution >= 0.6 is 0 Å². The maximum atomic E-state index is 5.25. The van der Waals surface area contributed by atoms with Gasteiger partial charge >= 0.3 is 0 Å². The number of hydrogen-bond donors (Lipinski definition) is 0. The lowest BCUT2D eigenvalue weighted by atomic mass is 10.0. The van der Waals surface area contributed by atoms with E-state index in [9.17, 15) is 0 Å². The summed E-state index contributed by atoms with van der Waals surface area (Å²) in [5.74, 6) is 0. The minimum absolute atomic E-state index is 0.646. The highest BCUT2D eigenvalue weighted by atomic mass is 16.6. The quantitative estimate of drug-likeness (QED) is 0.173. The van der Waals surface area contributed by atoms with Crippen LogP contribution in [0.1, 0.15) is 116 Å². The summed E-state index contributed by atoms with van der Waals surface area (Å²) in [4.78, 5) is 2.30. The molecule has 2 nitrogen and oxygen atoms in total. The van der Waals surface area contributed by atoms with Crippen molar-refractivity contribution in [2.45, 2.75) is 122 Å². The van der Waals surface area contributed by atoms with Crippen LogP contribution in [0.25, 0.3) is 0 Å². The van der Waals surface area contributed by atoms with Crippen LogP contribution in [0.5, 0.6) is 0 Å². The van der Waals surface area contributed by atoms with Crippen molar-refractivity contribution in [3.05, 3.63) is 0 Å². The molecule has 0 aromatic carbocycles. The molecule has 0 aromatic heterocycles. The summed E-state index contributed by atoms with van der Waals surface area (Å²) in [5, 5.41) is 0. The fourth-order valence-electron chi connectivity index (χ4n) is 3.69. The average Bonchev–Trinajstić information content (AvgIpc) is 3.41. The van der Waals surface area contributed by atoms with Gasteiger partial charge in [-0.1, -0.05) is 103 Å². The lowest BCUT2D eigenvalue weighted by Gasteiger charge is -2.08. The zero-order valence-corrected chi connectivity index (χ0v) is 17.6. The first-order chi connectivity index (χ1) is 12.3. The smallest absolute Gasteiger partial charge is 0.0810 e. The maximum absolute atomic E-state index is 5.25. The van der Waals surface area contributed by atoms with Crippen molar-refractivity contribution in [2.24, 2.45) is 0 Å². The number of rotatable bonds is 20. The van der Waals surface area contributed by atoms with Gasteiger partial charge in [0.05, 0.1) is 12.7 Å². The Kier molecular flexibility index (Phi) is 15.9. The van der Waals surface area contributed by atoms with E-state index in [1.165, 1.54) is 122 Å². The molecule has 0 radical (unpaired) electrons. The summed E-state index contributed by atoms with van der Waals surface area (Å²) in [6.45, 7) is 2.30. The van der Waals surface area contributed by atoms with E-state index in [-0.39, 0.29) is 0 Å². The minimum Gasteiger partial charge on any atom is -0.373 e. The lowest BCUT2D eigenvalue weighted by Crippen LogP contribution is -2.12. The van der Waals surface area contributed by atoms with Crippen LogP contribution in [0.15, 0.2) is 0 Å².